The number of sulfonamides is 1. The molecule has 0 aliphatic rings. The number of halogens is 4. The minimum atomic E-state index is -4.85. The molecule has 0 aliphatic heterocycles. The summed E-state index contributed by atoms with van der Waals surface area (Å²) in [5, 5.41) is 2.01. The van der Waals surface area contributed by atoms with Gasteiger partial charge in [0.1, 0.15) is 18.0 Å². The smallest absolute Gasteiger partial charge is 0.417 e. The first-order valence-corrected chi connectivity index (χ1v) is 12.9. The number of carbonyl (C=O) groups is 1. The average Bonchev–Trinajstić information content (AvgIpc) is 2.86. The number of alkyl halides is 3. The fourth-order valence-corrected chi connectivity index (χ4v) is 4.34. The maximum atomic E-state index is 13.2. The number of pyridine rings is 1. The molecule has 1 aromatic heterocycles. The van der Waals surface area contributed by atoms with Crippen LogP contribution in [0.2, 0.25) is 5.02 Å². The Bertz CT molecular complexity index is 1520. The Hall–Kier alpha value is -4.05. The number of aryl methyl sites for hydroxylation is 1. The highest BCUT2D eigenvalue weighted by Gasteiger charge is 2.34. The lowest BCUT2D eigenvalue weighted by molar-refractivity contribution is -0.137. The molecule has 0 saturated carbocycles. The number of ether oxygens (including phenoxy) is 2. The normalized spacial score (nSPS) is 11.7. The Labute approximate surface area is 227 Å². The van der Waals surface area contributed by atoms with Gasteiger partial charge in [-0.2, -0.15) is 13.2 Å². The van der Waals surface area contributed by atoms with Crippen molar-refractivity contribution >= 4 is 38.9 Å². The molecule has 204 valence electrons. The van der Waals surface area contributed by atoms with Gasteiger partial charge in [-0.25, -0.2) is 13.4 Å². The van der Waals surface area contributed by atoms with Crippen LogP contribution in [0.25, 0.3) is 0 Å². The number of amides is 1. The molecule has 3 aromatic rings. The Balaban J connectivity index is 1.75. The number of terminal acetylenes is 1. The number of hydrogen-bond donors (Lipinski definition) is 2. The quantitative estimate of drug-likeness (QED) is 0.179. The van der Waals surface area contributed by atoms with Gasteiger partial charge in [-0.1, -0.05) is 23.6 Å². The highest BCUT2D eigenvalue weighted by molar-refractivity contribution is 7.92. The summed E-state index contributed by atoms with van der Waals surface area (Å²) in [5.41, 5.74) is -0.385. The van der Waals surface area contributed by atoms with Crippen molar-refractivity contribution in [2.75, 3.05) is 23.3 Å². The van der Waals surface area contributed by atoms with E-state index in [1.165, 1.54) is 36.5 Å². The van der Waals surface area contributed by atoms with Crippen LogP contribution >= 0.6 is 11.6 Å². The van der Waals surface area contributed by atoms with Crippen molar-refractivity contribution in [3.63, 3.8) is 0 Å². The predicted octanol–water partition coefficient (Wildman–Crippen LogP) is 5.80. The Morgan fingerprint density at radius 1 is 1.18 bits per heavy atom. The largest absolute Gasteiger partial charge is 0.437 e. The van der Waals surface area contributed by atoms with Crippen LogP contribution < -0.4 is 14.8 Å². The first-order chi connectivity index (χ1) is 18.4. The number of carbonyl (C=O) groups excluding carboxylic acids is 1. The molecular weight excluding hydrogens is 559 g/mol. The summed E-state index contributed by atoms with van der Waals surface area (Å²) in [5.74, 6) is 1.99. The van der Waals surface area contributed by atoms with E-state index < -0.39 is 37.6 Å². The topological polar surface area (TPSA) is 107 Å². The fourth-order valence-electron chi connectivity index (χ4n) is 3.05. The summed E-state index contributed by atoms with van der Waals surface area (Å²) < 4.78 is 78.5. The Morgan fingerprint density at radius 2 is 1.90 bits per heavy atom. The third-order valence-corrected chi connectivity index (χ3v) is 6.48. The molecule has 0 saturated heterocycles. The number of benzene rings is 2. The van der Waals surface area contributed by atoms with Crippen LogP contribution in [-0.2, 0) is 25.7 Å². The predicted molar refractivity (Wildman–Crippen MR) is 140 cm³/mol. The molecule has 8 nitrogen and oxygen atoms in total. The third kappa shape index (κ3) is 8.47. The van der Waals surface area contributed by atoms with Gasteiger partial charge >= 0.3 is 6.18 Å². The van der Waals surface area contributed by atoms with Gasteiger partial charge in [0.05, 0.1) is 22.1 Å². The maximum Gasteiger partial charge on any atom is 0.417 e. The number of nitrogens with zero attached hydrogens (tertiary/aromatic N) is 1. The minimum absolute atomic E-state index is 0.104. The SMILES string of the molecule is C#CCOC/C=C/C(=O)Nc1ccc(Oc2ncc(C)cc2NS(=O)(=O)c2ccc(Cl)c(C(F)(F)F)c2)cc1. The zero-order chi connectivity index (χ0) is 28.6. The molecule has 13 heteroatoms. The van der Waals surface area contributed by atoms with Crippen LogP contribution in [0.5, 0.6) is 11.6 Å². The molecule has 1 amide bonds. The monoisotopic (exact) mass is 579 g/mol. The van der Waals surface area contributed by atoms with E-state index in [0.29, 0.717) is 17.3 Å². The zero-order valence-corrected chi connectivity index (χ0v) is 21.8. The standard InChI is InChI=1S/C26H21ClF3N3O5S/c1-3-12-37-13-4-5-24(34)32-18-6-8-19(9-7-18)38-25-23(14-17(2)16-31-25)33-39(35,36)20-10-11-22(27)21(15-20)26(28,29)30/h1,4-11,14-16,33H,12-13H2,2H3,(H,32,34)/b5-4+. The minimum Gasteiger partial charge on any atom is -0.437 e. The molecule has 0 unspecified atom stereocenters. The Morgan fingerprint density at radius 3 is 2.56 bits per heavy atom. The highest BCUT2D eigenvalue weighted by Crippen LogP contribution is 2.37. The summed E-state index contributed by atoms with van der Waals surface area (Å²) in [7, 11) is -4.48. The molecule has 2 N–H and O–H groups in total. The average molecular weight is 580 g/mol. The van der Waals surface area contributed by atoms with Crippen LogP contribution in [0.15, 0.2) is 71.8 Å². The van der Waals surface area contributed by atoms with Gasteiger partial charge in [0, 0.05) is 18.0 Å². The number of anilines is 2. The van der Waals surface area contributed by atoms with E-state index in [2.05, 4.69) is 20.9 Å². The van der Waals surface area contributed by atoms with Gasteiger partial charge in [-0.05, 0) is 61.0 Å². The molecule has 0 aliphatic carbocycles. The number of rotatable bonds is 10. The van der Waals surface area contributed by atoms with Crippen molar-refractivity contribution < 1.29 is 35.9 Å². The summed E-state index contributed by atoms with van der Waals surface area (Å²) in [6.45, 7) is 1.96. The molecular formula is C26H21ClF3N3O5S. The van der Waals surface area contributed by atoms with Crippen LogP contribution in [0.3, 0.4) is 0 Å². The van der Waals surface area contributed by atoms with Crippen LogP contribution in [-0.4, -0.2) is 32.5 Å². The molecule has 0 spiro atoms. The number of aromatic nitrogens is 1. The van der Waals surface area contributed by atoms with E-state index in [4.69, 9.17) is 27.5 Å². The lowest BCUT2D eigenvalue weighted by Crippen LogP contribution is -2.16. The van der Waals surface area contributed by atoms with Crippen LogP contribution in [0.4, 0.5) is 24.5 Å². The third-order valence-electron chi connectivity index (χ3n) is 4.79. The molecule has 1 heterocycles. The van der Waals surface area contributed by atoms with Crippen molar-refractivity contribution in [3.8, 4) is 24.0 Å². The van der Waals surface area contributed by atoms with Crippen molar-refractivity contribution in [2.45, 2.75) is 18.0 Å². The van der Waals surface area contributed by atoms with Crippen molar-refractivity contribution in [2.24, 2.45) is 0 Å². The molecule has 3 rings (SSSR count). The van der Waals surface area contributed by atoms with Gasteiger partial charge in [0.25, 0.3) is 10.0 Å². The lowest BCUT2D eigenvalue weighted by Gasteiger charge is -2.15. The van der Waals surface area contributed by atoms with E-state index in [-0.39, 0.29) is 30.5 Å². The van der Waals surface area contributed by atoms with E-state index >= 15 is 0 Å². The summed E-state index contributed by atoms with van der Waals surface area (Å²) >= 11 is 5.60. The first kappa shape index (κ1) is 29.5. The van der Waals surface area contributed by atoms with Crippen LogP contribution in [0.1, 0.15) is 11.1 Å². The summed E-state index contributed by atoms with van der Waals surface area (Å²) in [4.78, 5) is 15.4. The van der Waals surface area contributed by atoms with E-state index in [1.807, 2.05) is 0 Å². The molecule has 0 bridgehead atoms. The van der Waals surface area contributed by atoms with E-state index in [0.717, 1.165) is 12.1 Å². The van der Waals surface area contributed by atoms with E-state index in [9.17, 15) is 26.4 Å². The molecule has 39 heavy (non-hydrogen) atoms. The van der Waals surface area contributed by atoms with E-state index in [1.54, 1.807) is 19.1 Å². The van der Waals surface area contributed by atoms with Crippen LogP contribution in [0, 0.1) is 19.3 Å². The second-order valence-corrected chi connectivity index (χ2v) is 9.94. The van der Waals surface area contributed by atoms with Crippen molar-refractivity contribution in [1.29, 1.82) is 0 Å². The van der Waals surface area contributed by atoms with Gasteiger partial charge in [0.2, 0.25) is 11.8 Å². The summed E-state index contributed by atoms with van der Waals surface area (Å²) in [6.07, 6.45) is 4.43. The molecule has 0 radical (unpaired) electrons. The fraction of sp³-hybridized carbons (Fsp3) is 0.154. The van der Waals surface area contributed by atoms with Gasteiger partial charge in [-0.3, -0.25) is 9.52 Å². The second-order valence-electron chi connectivity index (χ2n) is 7.85. The number of nitrogens with one attached hydrogen (secondary N) is 2. The molecule has 0 fully saturated rings. The second kappa shape index (κ2) is 12.7. The highest BCUT2D eigenvalue weighted by atomic mass is 35.5. The maximum absolute atomic E-state index is 13.2. The Kier molecular flexibility index (Phi) is 9.58. The van der Waals surface area contributed by atoms with Gasteiger partial charge < -0.3 is 14.8 Å². The lowest BCUT2D eigenvalue weighted by atomic mass is 10.2. The van der Waals surface area contributed by atoms with Gasteiger partial charge in [0.15, 0.2) is 0 Å². The van der Waals surface area contributed by atoms with Crippen molar-refractivity contribution in [1.82, 2.24) is 4.98 Å². The molecule has 0 atom stereocenters. The number of hydrogen-bond acceptors (Lipinski definition) is 6. The summed E-state index contributed by atoms with van der Waals surface area (Å²) in [6, 6.07) is 9.76. The zero-order valence-electron chi connectivity index (χ0n) is 20.3. The molecule has 2 aromatic carbocycles. The first-order valence-electron chi connectivity index (χ1n) is 11.0. The van der Waals surface area contributed by atoms with Gasteiger partial charge in [-0.15, -0.1) is 6.42 Å². The van der Waals surface area contributed by atoms with Crippen molar-refractivity contribution in [3.05, 3.63) is 83.0 Å².